The Morgan fingerprint density at radius 2 is 1.85 bits per heavy atom. The minimum Gasteiger partial charge on any atom is -0.448 e. The molecule has 0 saturated heterocycles. The van der Waals surface area contributed by atoms with Crippen LogP contribution in [0.15, 0.2) is 68.9 Å². The number of aryl methyl sites for hydroxylation is 2. The Morgan fingerprint density at radius 3 is 2.62 bits per heavy atom. The largest absolute Gasteiger partial charge is 0.448 e. The second-order valence-electron chi connectivity index (χ2n) is 8.07. The van der Waals surface area contributed by atoms with Gasteiger partial charge in [0, 0.05) is 5.56 Å². The van der Waals surface area contributed by atoms with Gasteiger partial charge in [-0.05, 0) is 37.1 Å². The van der Waals surface area contributed by atoms with E-state index in [9.17, 15) is 4.79 Å². The number of anilines is 1. The first-order valence-electron chi connectivity index (χ1n) is 10.6. The Labute approximate surface area is 192 Å². The van der Waals surface area contributed by atoms with Gasteiger partial charge < -0.3 is 14.6 Å². The average Bonchev–Trinajstić information content (AvgIpc) is 3.55. The molecule has 0 aliphatic rings. The fourth-order valence-electron chi connectivity index (χ4n) is 4.25. The van der Waals surface area contributed by atoms with Crippen molar-refractivity contribution in [2.75, 3.05) is 5.73 Å². The summed E-state index contributed by atoms with van der Waals surface area (Å²) in [5.41, 5.74) is 12.5. The summed E-state index contributed by atoms with van der Waals surface area (Å²) in [5, 5.41) is 3.23. The van der Waals surface area contributed by atoms with E-state index in [1.807, 2.05) is 49.4 Å². The number of nitrogen functional groups attached to an aromatic ring is 1. The van der Waals surface area contributed by atoms with Gasteiger partial charge in [0.15, 0.2) is 18.4 Å². The van der Waals surface area contributed by atoms with E-state index < -0.39 is 0 Å². The highest BCUT2D eigenvalue weighted by atomic mass is 16.3. The number of nitrogens with one attached hydrogen (secondary N) is 1. The number of hydrogen-bond donors (Lipinski definition) is 2. The van der Waals surface area contributed by atoms with E-state index in [0.29, 0.717) is 28.4 Å². The monoisotopic (exact) mass is 454 g/mol. The van der Waals surface area contributed by atoms with Gasteiger partial charge in [0.2, 0.25) is 5.65 Å². The highest BCUT2D eigenvalue weighted by molar-refractivity contribution is 5.92. The first-order chi connectivity index (χ1) is 16.5. The van der Waals surface area contributed by atoms with Gasteiger partial charge >= 0.3 is 11.6 Å². The van der Waals surface area contributed by atoms with Gasteiger partial charge in [-0.2, -0.15) is 4.68 Å². The number of rotatable bonds is 4. The molecule has 10 nitrogen and oxygen atoms in total. The minimum absolute atomic E-state index is 0.0759. The summed E-state index contributed by atoms with van der Waals surface area (Å²) in [6.45, 7) is 3.96. The predicted octanol–water partition coefficient (Wildman–Crippen LogP) is 3.02. The Morgan fingerprint density at radius 1 is 1.06 bits per heavy atom. The van der Waals surface area contributed by atoms with E-state index in [4.69, 9.17) is 14.6 Å². The van der Waals surface area contributed by atoms with Crippen LogP contribution < -0.4 is 15.8 Å². The van der Waals surface area contributed by atoms with Crippen molar-refractivity contribution in [1.82, 2.24) is 24.7 Å². The predicted molar refractivity (Wildman–Crippen MR) is 124 cm³/mol. The van der Waals surface area contributed by atoms with Crippen molar-refractivity contribution < 1.29 is 13.2 Å². The molecule has 0 aliphatic carbocycles. The zero-order valence-electron chi connectivity index (χ0n) is 18.4. The van der Waals surface area contributed by atoms with Crippen LogP contribution in [0.1, 0.15) is 17.0 Å². The Kier molecular flexibility index (Phi) is 4.34. The van der Waals surface area contributed by atoms with Gasteiger partial charge in [-0.1, -0.05) is 30.3 Å². The normalized spacial score (nSPS) is 11.6. The van der Waals surface area contributed by atoms with Gasteiger partial charge in [0.1, 0.15) is 29.2 Å². The van der Waals surface area contributed by atoms with Crippen molar-refractivity contribution in [2.45, 2.75) is 20.4 Å². The maximum absolute atomic E-state index is 13.3. The van der Waals surface area contributed by atoms with Gasteiger partial charge in [-0.3, -0.25) is 0 Å². The van der Waals surface area contributed by atoms with Gasteiger partial charge in [0.25, 0.3) is 0 Å². The molecule has 0 unspecified atom stereocenters. The van der Waals surface area contributed by atoms with Gasteiger partial charge in [0.05, 0.1) is 5.56 Å². The van der Waals surface area contributed by atoms with Crippen LogP contribution in [0.2, 0.25) is 0 Å². The number of aromatic amines is 1. The summed E-state index contributed by atoms with van der Waals surface area (Å²) < 4.78 is 13.7. The lowest BCUT2D eigenvalue weighted by molar-refractivity contribution is -0.516. The number of H-pyrrole nitrogens is 1. The molecule has 3 N–H and O–H groups in total. The number of aromatic nitrogens is 6. The standard InChI is InChI=1S/C24H19N7O3/c1-13-8-16(9-18-20(13)27-12-34-18)19-21(15-6-4-3-5-7-15)28-23(25)31-22(19)29-30(24(31)32)10-17-14(2)33-11-26-17/h3-9,11-12H,10H2,1-2H3,(H2,25,28,29)/p+1. The molecule has 0 fully saturated rings. The molecule has 10 heteroatoms. The van der Waals surface area contributed by atoms with Crippen LogP contribution in [0.4, 0.5) is 5.95 Å². The molecule has 168 valence electrons. The van der Waals surface area contributed by atoms with E-state index in [0.717, 1.165) is 27.8 Å². The first kappa shape index (κ1) is 19.9. The lowest BCUT2D eigenvalue weighted by Gasteiger charge is -2.09. The number of benzene rings is 2. The highest BCUT2D eigenvalue weighted by Crippen LogP contribution is 2.35. The summed E-state index contributed by atoms with van der Waals surface area (Å²) >= 11 is 0. The number of nitrogens with two attached hydrogens (primary N) is 1. The molecule has 0 radical (unpaired) electrons. The van der Waals surface area contributed by atoms with Gasteiger partial charge in [-0.15, -0.1) is 9.38 Å². The van der Waals surface area contributed by atoms with Crippen LogP contribution >= 0.6 is 0 Å². The van der Waals surface area contributed by atoms with Crippen molar-refractivity contribution in [3.8, 4) is 22.4 Å². The van der Waals surface area contributed by atoms with Crippen molar-refractivity contribution in [3.05, 3.63) is 82.8 Å². The fourth-order valence-corrected chi connectivity index (χ4v) is 4.25. The van der Waals surface area contributed by atoms with E-state index in [-0.39, 0.29) is 18.2 Å². The smallest absolute Gasteiger partial charge is 0.428 e. The van der Waals surface area contributed by atoms with Crippen LogP contribution in [0.3, 0.4) is 0 Å². The molecule has 0 saturated carbocycles. The Balaban J connectivity index is 1.69. The zero-order valence-corrected chi connectivity index (χ0v) is 18.4. The molecule has 4 aromatic heterocycles. The molecular formula is C24H20N7O3+. The Hall–Kier alpha value is -4.73. The molecule has 34 heavy (non-hydrogen) atoms. The van der Waals surface area contributed by atoms with Crippen molar-refractivity contribution >= 4 is 22.7 Å². The molecular weight excluding hydrogens is 434 g/mol. The van der Waals surface area contributed by atoms with E-state index in [1.165, 1.54) is 21.9 Å². The fraction of sp³-hybridized carbons (Fsp3) is 0.125. The van der Waals surface area contributed by atoms with Crippen LogP contribution in [0, 0.1) is 13.8 Å². The highest BCUT2D eigenvalue weighted by Gasteiger charge is 2.27. The molecule has 0 aliphatic heterocycles. The van der Waals surface area contributed by atoms with Crippen LogP contribution in [0.25, 0.3) is 39.1 Å². The lowest BCUT2D eigenvalue weighted by Crippen LogP contribution is -2.44. The summed E-state index contributed by atoms with van der Waals surface area (Å²) in [6.07, 6.45) is 2.78. The van der Waals surface area contributed by atoms with E-state index in [2.05, 4.69) is 20.1 Å². The molecule has 0 amide bonds. The third-order valence-electron chi connectivity index (χ3n) is 5.93. The van der Waals surface area contributed by atoms with E-state index in [1.54, 1.807) is 6.92 Å². The quantitative estimate of drug-likeness (QED) is 0.391. The number of hydrogen-bond acceptors (Lipinski definition) is 7. The SMILES string of the molecule is Cc1ocnc1Cn1[nH]c2c(-c3cc(C)c4ncoc4c3)c(-c3ccccc3)nc(N)[n+]2c1=O. The second kappa shape index (κ2) is 7.41. The number of oxazole rings is 2. The minimum atomic E-state index is -0.360. The molecule has 2 aromatic carbocycles. The summed E-state index contributed by atoms with van der Waals surface area (Å²) in [4.78, 5) is 26.5. The molecule has 6 aromatic rings. The molecule has 0 atom stereocenters. The van der Waals surface area contributed by atoms with Crippen molar-refractivity contribution in [1.29, 1.82) is 0 Å². The summed E-state index contributed by atoms with van der Waals surface area (Å²) in [6, 6.07) is 13.6. The molecule has 0 bridgehead atoms. The third kappa shape index (κ3) is 2.99. The maximum Gasteiger partial charge on any atom is 0.428 e. The molecule has 0 spiro atoms. The van der Waals surface area contributed by atoms with Crippen LogP contribution in [-0.2, 0) is 6.54 Å². The summed E-state index contributed by atoms with van der Waals surface area (Å²) in [5.74, 6) is 0.713. The number of nitrogens with zero attached hydrogens (tertiary/aromatic N) is 5. The van der Waals surface area contributed by atoms with Crippen molar-refractivity contribution in [2.24, 2.45) is 0 Å². The average molecular weight is 454 g/mol. The lowest BCUT2D eigenvalue weighted by atomic mass is 9.98. The maximum atomic E-state index is 13.3. The second-order valence-corrected chi connectivity index (χ2v) is 8.07. The zero-order chi connectivity index (χ0) is 23.4. The van der Waals surface area contributed by atoms with Crippen LogP contribution in [0.5, 0.6) is 0 Å². The molecule has 6 rings (SSSR count). The summed E-state index contributed by atoms with van der Waals surface area (Å²) in [7, 11) is 0. The van der Waals surface area contributed by atoms with Gasteiger partial charge in [-0.25, -0.2) is 19.9 Å². The van der Waals surface area contributed by atoms with Crippen molar-refractivity contribution in [3.63, 3.8) is 0 Å². The van der Waals surface area contributed by atoms with E-state index >= 15 is 0 Å². The first-order valence-corrected chi connectivity index (χ1v) is 10.6. The Bertz CT molecular complexity index is 1740. The third-order valence-corrected chi connectivity index (χ3v) is 5.93. The van der Waals surface area contributed by atoms with Crippen LogP contribution in [-0.4, -0.2) is 24.7 Å². The topological polar surface area (TPSA) is 133 Å². The number of fused-ring (bicyclic) bond motifs is 2. The molecule has 4 heterocycles.